The van der Waals surface area contributed by atoms with E-state index in [1.165, 1.54) is 5.56 Å². The highest BCUT2D eigenvalue weighted by molar-refractivity contribution is 5.36. The van der Waals surface area contributed by atoms with Gasteiger partial charge in [0.25, 0.3) is 0 Å². The normalized spacial score (nSPS) is 19.6. The molecule has 2 aromatic rings. The Hall–Kier alpha value is -1.88. The number of aromatic nitrogens is 2. The van der Waals surface area contributed by atoms with Crippen molar-refractivity contribution >= 4 is 0 Å². The van der Waals surface area contributed by atoms with Crippen molar-refractivity contribution in [3.63, 3.8) is 0 Å². The van der Waals surface area contributed by atoms with Gasteiger partial charge < -0.3 is 14.5 Å². The summed E-state index contributed by atoms with van der Waals surface area (Å²) in [5, 5.41) is 11.3. The average molecular weight is 259 g/mol. The highest BCUT2D eigenvalue weighted by Gasteiger charge is 2.26. The summed E-state index contributed by atoms with van der Waals surface area (Å²) in [6, 6.07) is 8.15. The summed E-state index contributed by atoms with van der Waals surface area (Å²) < 4.78 is 11.5. The largest absolute Gasteiger partial charge is 0.492 e. The molecule has 0 amide bonds. The van der Waals surface area contributed by atoms with Gasteiger partial charge in [0.2, 0.25) is 11.8 Å². The van der Waals surface area contributed by atoms with Crippen molar-refractivity contribution in [1.29, 1.82) is 0 Å². The van der Waals surface area contributed by atoms with Gasteiger partial charge in [-0.3, -0.25) is 0 Å². The molecule has 0 radical (unpaired) electrons. The average Bonchev–Trinajstić information content (AvgIpc) is 2.95. The molecule has 0 saturated carbocycles. The molecule has 2 unspecified atom stereocenters. The predicted molar refractivity (Wildman–Crippen MR) is 70.2 cm³/mol. The third-order valence-corrected chi connectivity index (χ3v) is 3.49. The fourth-order valence-corrected chi connectivity index (χ4v) is 2.20. The molecule has 5 heteroatoms. The van der Waals surface area contributed by atoms with Crippen molar-refractivity contribution in [3.05, 3.63) is 41.6 Å². The van der Waals surface area contributed by atoms with Crippen molar-refractivity contribution < 1.29 is 9.15 Å². The Kier molecular flexibility index (Phi) is 3.21. The maximum atomic E-state index is 5.74. The van der Waals surface area contributed by atoms with Crippen LogP contribution in [-0.4, -0.2) is 23.9 Å². The van der Waals surface area contributed by atoms with E-state index in [0.29, 0.717) is 18.4 Å². The van der Waals surface area contributed by atoms with Crippen molar-refractivity contribution in [2.45, 2.75) is 25.3 Å². The monoisotopic (exact) mass is 259 g/mol. The van der Waals surface area contributed by atoms with E-state index >= 15 is 0 Å². The van der Waals surface area contributed by atoms with E-state index in [1.54, 1.807) is 0 Å². The number of hydrogen-bond donors (Lipinski definition) is 1. The van der Waals surface area contributed by atoms with Crippen LogP contribution in [0, 0.1) is 0 Å². The van der Waals surface area contributed by atoms with E-state index in [0.717, 1.165) is 12.2 Å². The minimum absolute atomic E-state index is 0.0676. The van der Waals surface area contributed by atoms with Gasteiger partial charge >= 0.3 is 0 Å². The van der Waals surface area contributed by atoms with Crippen LogP contribution in [0.15, 0.2) is 28.7 Å². The Morgan fingerprint density at radius 1 is 1.32 bits per heavy atom. The second-order valence-corrected chi connectivity index (χ2v) is 4.81. The minimum Gasteiger partial charge on any atom is -0.492 e. The quantitative estimate of drug-likeness (QED) is 0.914. The molecule has 0 fully saturated rings. The van der Waals surface area contributed by atoms with Crippen molar-refractivity contribution in [3.8, 4) is 5.75 Å². The number of nitrogens with one attached hydrogen (secondary N) is 1. The molecule has 2 heterocycles. The van der Waals surface area contributed by atoms with Crippen LogP contribution in [0.4, 0.5) is 0 Å². The summed E-state index contributed by atoms with van der Waals surface area (Å²) >= 11 is 0. The molecule has 1 aliphatic heterocycles. The zero-order valence-electron chi connectivity index (χ0n) is 11.1. The molecule has 2 atom stereocenters. The number of benzene rings is 1. The molecule has 0 spiro atoms. The van der Waals surface area contributed by atoms with Crippen LogP contribution < -0.4 is 10.1 Å². The summed E-state index contributed by atoms with van der Waals surface area (Å²) in [5.74, 6) is 2.38. The van der Waals surface area contributed by atoms with E-state index in [2.05, 4.69) is 21.6 Å². The standard InChI is InChI=1S/C14H17N3O2/c1-9(15-2)13-16-17-14(19-13)11-7-10-5-3-4-6-12(10)18-8-11/h3-6,9,11,15H,7-8H2,1-2H3. The van der Waals surface area contributed by atoms with Gasteiger partial charge in [-0.2, -0.15) is 0 Å². The second kappa shape index (κ2) is 5.01. The van der Waals surface area contributed by atoms with Crippen LogP contribution in [0.2, 0.25) is 0 Å². The van der Waals surface area contributed by atoms with Crippen LogP contribution in [0.3, 0.4) is 0 Å². The van der Waals surface area contributed by atoms with Gasteiger partial charge in [0, 0.05) is 0 Å². The predicted octanol–water partition coefficient (Wildman–Crippen LogP) is 2.07. The molecule has 19 heavy (non-hydrogen) atoms. The molecule has 1 aromatic carbocycles. The van der Waals surface area contributed by atoms with Crippen LogP contribution >= 0.6 is 0 Å². The summed E-state index contributed by atoms with van der Waals surface area (Å²) in [4.78, 5) is 0. The van der Waals surface area contributed by atoms with Crippen LogP contribution in [0.5, 0.6) is 5.75 Å². The van der Waals surface area contributed by atoms with Crippen molar-refractivity contribution in [1.82, 2.24) is 15.5 Å². The Bertz CT molecular complexity index is 567. The number of ether oxygens (including phenoxy) is 1. The smallest absolute Gasteiger partial charge is 0.233 e. The molecular weight excluding hydrogens is 242 g/mol. The highest BCUT2D eigenvalue weighted by Crippen LogP contribution is 2.31. The van der Waals surface area contributed by atoms with E-state index in [-0.39, 0.29) is 12.0 Å². The van der Waals surface area contributed by atoms with E-state index in [9.17, 15) is 0 Å². The summed E-state index contributed by atoms with van der Waals surface area (Å²) in [6.07, 6.45) is 0.881. The number of nitrogens with zero attached hydrogens (tertiary/aromatic N) is 2. The van der Waals surface area contributed by atoms with Gasteiger partial charge in [0.15, 0.2) is 0 Å². The maximum Gasteiger partial charge on any atom is 0.233 e. The van der Waals surface area contributed by atoms with Gasteiger partial charge in [-0.25, -0.2) is 0 Å². The minimum atomic E-state index is 0.0676. The van der Waals surface area contributed by atoms with E-state index in [1.807, 2.05) is 32.2 Å². The lowest BCUT2D eigenvalue weighted by atomic mass is 9.97. The molecule has 1 N–H and O–H groups in total. The van der Waals surface area contributed by atoms with Crippen LogP contribution in [0.1, 0.15) is 36.2 Å². The number of rotatable bonds is 3. The van der Waals surface area contributed by atoms with Gasteiger partial charge in [-0.1, -0.05) is 18.2 Å². The Balaban J connectivity index is 1.79. The SMILES string of the molecule is CNC(C)c1nnc(C2COc3ccccc3C2)o1. The van der Waals surface area contributed by atoms with E-state index in [4.69, 9.17) is 9.15 Å². The molecule has 100 valence electrons. The molecule has 1 aliphatic rings. The van der Waals surface area contributed by atoms with Gasteiger partial charge in [0.1, 0.15) is 12.4 Å². The Morgan fingerprint density at radius 3 is 3.00 bits per heavy atom. The summed E-state index contributed by atoms with van der Waals surface area (Å²) in [5.41, 5.74) is 1.19. The lowest BCUT2D eigenvalue weighted by molar-refractivity contribution is 0.237. The highest BCUT2D eigenvalue weighted by atomic mass is 16.5. The fourth-order valence-electron chi connectivity index (χ4n) is 2.20. The molecule has 0 aliphatic carbocycles. The molecule has 3 rings (SSSR count). The zero-order valence-corrected chi connectivity index (χ0v) is 11.1. The van der Waals surface area contributed by atoms with Crippen molar-refractivity contribution in [2.75, 3.05) is 13.7 Å². The molecule has 0 saturated heterocycles. The second-order valence-electron chi connectivity index (χ2n) is 4.81. The Labute approximate surface area is 112 Å². The van der Waals surface area contributed by atoms with Crippen LogP contribution in [-0.2, 0) is 6.42 Å². The lowest BCUT2D eigenvalue weighted by Gasteiger charge is -2.22. The number of fused-ring (bicyclic) bond motifs is 1. The zero-order chi connectivity index (χ0) is 13.2. The van der Waals surface area contributed by atoms with Crippen molar-refractivity contribution in [2.24, 2.45) is 0 Å². The van der Waals surface area contributed by atoms with Gasteiger partial charge in [0.05, 0.1) is 12.0 Å². The molecule has 1 aromatic heterocycles. The first-order chi connectivity index (χ1) is 9.28. The van der Waals surface area contributed by atoms with E-state index < -0.39 is 0 Å². The Morgan fingerprint density at radius 2 is 2.16 bits per heavy atom. The summed E-state index contributed by atoms with van der Waals surface area (Å²) in [6.45, 7) is 2.58. The first-order valence-electron chi connectivity index (χ1n) is 6.49. The number of hydrogen-bond acceptors (Lipinski definition) is 5. The van der Waals surface area contributed by atoms with Gasteiger partial charge in [-0.05, 0) is 32.0 Å². The molecule has 0 bridgehead atoms. The first-order valence-corrected chi connectivity index (χ1v) is 6.49. The van der Waals surface area contributed by atoms with Crippen LogP contribution in [0.25, 0.3) is 0 Å². The third-order valence-electron chi connectivity index (χ3n) is 3.49. The van der Waals surface area contributed by atoms with Gasteiger partial charge in [-0.15, -0.1) is 10.2 Å². The maximum absolute atomic E-state index is 5.74. The molecular formula is C14H17N3O2. The summed E-state index contributed by atoms with van der Waals surface area (Å²) in [7, 11) is 1.87. The fraction of sp³-hybridized carbons (Fsp3) is 0.429. The third kappa shape index (κ3) is 2.33. The lowest BCUT2D eigenvalue weighted by Crippen LogP contribution is -2.19. The molecule has 5 nitrogen and oxygen atoms in total. The first kappa shape index (κ1) is 12.2. The topological polar surface area (TPSA) is 60.2 Å². The number of para-hydroxylation sites is 1.